The normalized spacial score (nSPS) is 10.2. The van der Waals surface area contributed by atoms with Crippen molar-refractivity contribution in [3.63, 3.8) is 0 Å². The first-order valence-corrected chi connectivity index (χ1v) is 6.81. The van der Waals surface area contributed by atoms with Gasteiger partial charge in [-0.2, -0.15) is 0 Å². The van der Waals surface area contributed by atoms with E-state index in [-0.39, 0.29) is 12.5 Å². The van der Waals surface area contributed by atoms with E-state index in [9.17, 15) is 9.59 Å². The van der Waals surface area contributed by atoms with Gasteiger partial charge in [-0.05, 0) is 25.0 Å². The third-order valence-corrected chi connectivity index (χ3v) is 2.57. The summed E-state index contributed by atoms with van der Waals surface area (Å²) in [6, 6.07) is 6.99. The second-order valence-electron chi connectivity index (χ2n) is 4.82. The molecule has 0 bridgehead atoms. The van der Waals surface area contributed by atoms with Crippen LogP contribution in [0.4, 0.5) is 5.69 Å². The van der Waals surface area contributed by atoms with Gasteiger partial charge in [0.1, 0.15) is 0 Å². The van der Waals surface area contributed by atoms with Crippen molar-refractivity contribution in [2.24, 2.45) is 5.92 Å². The molecule has 0 atom stereocenters. The first-order valence-electron chi connectivity index (χ1n) is 6.81. The molecule has 5 nitrogen and oxygen atoms in total. The number of anilines is 1. The van der Waals surface area contributed by atoms with Gasteiger partial charge in [0, 0.05) is 12.2 Å². The molecule has 0 aliphatic rings. The predicted octanol–water partition coefficient (Wildman–Crippen LogP) is 2.05. The minimum atomic E-state index is -0.391. The predicted molar refractivity (Wildman–Crippen MR) is 78.7 cm³/mol. The fourth-order valence-corrected chi connectivity index (χ4v) is 1.58. The number of hydrogen-bond donors (Lipinski definition) is 2. The maximum absolute atomic E-state index is 11.8. The Balaban J connectivity index is 2.59. The number of ether oxygens (including phenoxy) is 1. The lowest BCUT2D eigenvalue weighted by atomic mass is 10.2. The van der Waals surface area contributed by atoms with Crippen molar-refractivity contribution in [2.45, 2.75) is 20.8 Å². The van der Waals surface area contributed by atoms with Gasteiger partial charge in [-0.25, -0.2) is 4.79 Å². The summed E-state index contributed by atoms with van der Waals surface area (Å²) in [5.41, 5.74) is 1.04. The Labute approximate surface area is 119 Å². The van der Waals surface area contributed by atoms with Gasteiger partial charge in [-0.3, -0.25) is 4.79 Å². The Hall–Kier alpha value is -2.04. The fourth-order valence-electron chi connectivity index (χ4n) is 1.58. The molecule has 0 aliphatic heterocycles. The number of benzene rings is 1. The van der Waals surface area contributed by atoms with Crippen molar-refractivity contribution in [2.75, 3.05) is 25.0 Å². The van der Waals surface area contributed by atoms with E-state index in [1.54, 1.807) is 31.2 Å². The summed E-state index contributed by atoms with van der Waals surface area (Å²) in [6.07, 6.45) is 0. The van der Waals surface area contributed by atoms with Gasteiger partial charge in [-0.1, -0.05) is 26.0 Å². The Kier molecular flexibility index (Phi) is 6.56. The topological polar surface area (TPSA) is 67.4 Å². The summed E-state index contributed by atoms with van der Waals surface area (Å²) < 4.78 is 4.97. The lowest BCUT2D eigenvalue weighted by Gasteiger charge is -2.12. The van der Waals surface area contributed by atoms with Crippen molar-refractivity contribution in [3.05, 3.63) is 29.8 Å². The molecule has 0 saturated carbocycles. The molecule has 0 fully saturated rings. The van der Waals surface area contributed by atoms with Crippen LogP contribution >= 0.6 is 0 Å². The summed E-state index contributed by atoms with van der Waals surface area (Å²) in [7, 11) is 0. The van der Waals surface area contributed by atoms with Crippen LogP contribution in [0.15, 0.2) is 24.3 Å². The van der Waals surface area contributed by atoms with Gasteiger partial charge in [-0.15, -0.1) is 0 Å². The molecule has 5 heteroatoms. The van der Waals surface area contributed by atoms with Crippen LogP contribution in [0.25, 0.3) is 0 Å². The first kappa shape index (κ1) is 16.0. The van der Waals surface area contributed by atoms with Gasteiger partial charge >= 0.3 is 5.97 Å². The highest BCUT2D eigenvalue weighted by Gasteiger charge is 2.12. The monoisotopic (exact) mass is 278 g/mol. The average molecular weight is 278 g/mol. The lowest BCUT2D eigenvalue weighted by molar-refractivity contribution is -0.119. The number of esters is 1. The molecule has 20 heavy (non-hydrogen) atoms. The van der Waals surface area contributed by atoms with Gasteiger partial charge in [0.05, 0.1) is 18.7 Å². The van der Waals surface area contributed by atoms with Gasteiger partial charge in [0.15, 0.2) is 0 Å². The average Bonchev–Trinajstić information content (AvgIpc) is 2.43. The summed E-state index contributed by atoms with van der Waals surface area (Å²) >= 11 is 0. The van der Waals surface area contributed by atoms with Gasteiger partial charge in [0.25, 0.3) is 0 Å². The third kappa shape index (κ3) is 5.30. The van der Waals surface area contributed by atoms with Crippen molar-refractivity contribution in [1.29, 1.82) is 0 Å². The highest BCUT2D eigenvalue weighted by atomic mass is 16.5. The standard InChI is InChI=1S/C15H22N2O3/c1-4-20-15(19)12-7-5-6-8-13(12)16-10-14(18)17-9-11(2)3/h5-8,11,16H,4,9-10H2,1-3H3,(H,17,18). The van der Waals surface area contributed by atoms with E-state index in [0.29, 0.717) is 30.3 Å². The van der Waals surface area contributed by atoms with Crippen LogP contribution in [-0.4, -0.2) is 31.6 Å². The molecule has 0 heterocycles. The van der Waals surface area contributed by atoms with Gasteiger partial charge < -0.3 is 15.4 Å². The van der Waals surface area contributed by atoms with Crippen LogP contribution in [0.1, 0.15) is 31.1 Å². The van der Waals surface area contributed by atoms with Crippen LogP contribution in [0.5, 0.6) is 0 Å². The van der Waals surface area contributed by atoms with Crippen LogP contribution in [0.2, 0.25) is 0 Å². The Bertz CT molecular complexity index is 458. The van der Waals surface area contributed by atoms with E-state index in [1.807, 2.05) is 13.8 Å². The largest absolute Gasteiger partial charge is 0.462 e. The molecule has 110 valence electrons. The molecular weight excluding hydrogens is 256 g/mol. The first-order chi connectivity index (χ1) is 9.54. The smallest absolute Gasteiger partial charge is 0.340 e. The van der Waals surface area contributed by atoms with E-state index in [0.717, 1.165) is 0 Å². The van der Waals surface area contributed by atoms with Crippen LogP contribution in [0, 0.1) is 5.92 Å². The molecule has 0 aliphatic carbocycles. The van der Waals surface area contributed by atoms with E-state index in [2.05, 4.69) is 10.6 Å². The minimum absolute atomic E-state index is 0.0997. The summed E-state index contributed by atoms with van der Waals surface area (Å²) in [5.74, 6) is -0.0821. The molecule has 1 aromatic carbocycles. The number of carbonyl (C=O) groups is 2. The molecule has 1 amide bonds. The van der Waals surface area contributed by atoms with E-state index < -0.39 is 5.97 Å². The second-order valence-corrected chi connectivity index (χ2v) is 4.82. The zero-order valence-electron chi connectivity index (χ0n) is 12.2. The number of amides is 1. The van der Waals surface area contributed by atoms with Crippen LogP contribution in [-0.2, 0) is 9.53 Å². The van der Waals surface area contributed by atoms with Crippen molar-refractivity contribution in [1.82, 2.24) is 5.32 Å². The number of para-hydroxylation sites is 1. The minimum Gasteiger partial charge on any atom is -0.462 e. The van der Waals surface area contributed by atoms with Crippen molar-refractivity contribution < 1.29 is 14.3 Å². The SMILES string of the molecule is CCOC(=O)c1ccccc1NCC(=O)NCC(C)C. The Morgan fingerprint density at radius 1 is 1.25 bits per heavy atom. The highest BCUT2D eigenvalue weighted by Crippen LogP contribution is 2.15. The van der Waals surface area contributed by atoms with E-state index in [1.165, 1.54) is 0 Å². The lowest BCUT2D eigenvalue weighted by Crippen LogP contribution is -2.32. The Morgan fingerprint density at radius 2 is 1.95 bits per heavy atom. The maximum atomic E-state index is 11.8. The number of rotatable bonds is 7. The fraction of sp³-hybridized carbons (Fsp3) is 0.467. The molecule has 0 spiro atoms. The molecule has 1 aromatic rings. The molecule has 2 N–H and O–H groups in total. The molecular formula is C15H22N2O3. The van der Waals surface area contributed by atoms with E-state index >= 15 is 0 Å². The van der Waals surface area contributed by atoms with Crippen LogP contribution in [0.3, 0.4) is 0 Å². The third-order valence-electron chi connectivity index (χ3n) is 2.57. The quantitative estimate of drug-likeness (QED) is 0.749. The number of hydrogen-bond acceptors (Lipinski definition) is 4. The number of nitrogens with one attached hydrogen (secondary N) is 2. The Morgan fingerprint density at radius 3 is 2.60 bits per heavy atom. The van der Waals surface area contributed by atoms with E-state index in [4.69, 9.17) is 4.74 Å². The molecule has 1 rings (SSSR count). The highest BCUT2D eigenvalue weighted by molar-refractivity contribution is 5.96. The van der Waals surface area contributed by atoms with Gasteiger partial charge in [0.2, 0.25) is 5.91 Å². The second kappa shape index (κ2) is 8.19. The zero-order chi connectivity index (χ0) is 15.0. The molecule has 0 unspecified atom stereocenters. The number of carbonyl (C=O) groups excluding carboxylic acids is 2. The summed E-state index contributed by atoms with van der Waals surface area (Å²) in [4.78, 5) is 23.4. The zero-order valence-corrected chi connectivity index (χ0v) is 12.2. The molecule has 0 radical (unpaired) electrons. The van der Waals surface area contributed by atoms with Crippen molar-refractivity contribution in [3.8, 4) is 0 Å². The molecule has 0 saturated heterocycles. The summed E-state index contributed by atoms with van der Waals surface area (Å²) in [5, 5.41) is 5.77. The summed E-state index contributed by atoms with van der Waals surface area (Å²) in [6.45, 7) is 6.91. The molecule has 0 aromatic heterocycles. The van der Waals surface area contributed by atoms with Crippen molar-refractivity contribution >= 4 is 17.6 Å². The van der Waals surface area contributed by atoms with Crippen LogP contribution < -0.4 is 10.6 Å². The maximum Gasteiger partial charge on any atom is 0.340 e.